The molecule has 0 bridgehead atoms. The van der Waals surface area contributed by atoms with Crippen LogP contribution >= 0.6 is 27.3 Å². The first-order valence-corrected chi connectivity index (χ1v) is 8.10. The molecule has 18 heavy (non-hydrogen) atoms. The monoisotopic (exact) mass is 321 g/mol. The zero-order chi connectivity index (χ0) is 12.4. The van der Waals surface area contributed by atoms with E-state index in [4.69, 9.17) is 0 Å². The highest BCUT2D eigenvalue weighted by Crippen LogP contribution is 2.35. The van der Waals surface area contributed by atoms with Gasteiger partial charge in [-0.05, 0) is 65.4 Å². The molecule has 0 fully saturated rings. The Balaban J connectivity index is 1.61. The highest BCUT2D eigenvalue weighted by molar-refractivity contribution is 9.10. The summed E-state index contributed by atoms with van der Waals surface area (Å²) in [5.41, 5.74) is 4.42. The average molecular weight is 322 g/mol. The van der Waals surface area contributed by atoms with Crippen molar-refractivity contribution in [2.75, 3.05) is 6.54 Å². The quantitative estimate of drug-likeness (QED) is 0.883. The average Bonchev–Trinajstić information content (AvgIpc) is 3.00. The Bertz CT molecular complexity index is 521. The molecule has 0 spiro atoms. The maximum absolute atomic E-state index is 3.69. The Hall–Kier alpha value is -0.640. The van der Waals surface area contributed by atoms with Crippen LogP contribution in [0.25, 0.3) is 0 Å². The molecule has 1 atom stereocenters. The van der Waals surface area contributed by atoms with Gasteiger partial charge in [-0.2, -0.15) is 11.3 Å². The molecule has 3 heteroatoms. The molecule has 0 radical (unpaired) electrons. The Labute approximate surface area is 120 Å². The lowest BCUT2D eigenvalue weighted by Gasteiger charge is -2.14. The van der Waals surface area contributed by atoms with Crippen LogP contribution in [-0.4, -0.2) is 6.54 Å². The van der Waals surface area contributed by atoms with Crippen LogP contribution in [-0.2, 0) is 12.8 Å². The number of rotatable bonds is 4. The predicted octanol–water partition coefficient (Wildman–Crippen LogP) is 4.33. The Morgan fingerprint density at radius 1 is 1.33 bits per heavy atom. The molecule has 0 saturated carbocycles. The summed E-state index contributed by atoms with van der Waals surface area (Å²) in [6, 6.07) is 9.30. The van der Waals surface area contributed by atoms with Crippen LogP contribution in [0.3, 0.4) is 0 Å². The van der Waals surface area contributed by atoms with Gasteiger partial charge in [0.2, 0.25) is 0 Å². The van der Waals surface area contributed by atoms with E-state index in [1.165, 1.54) is 34.0 Å². The van der Waals surface area contributed by atoms with Crippen molar-refractivity contribution in [3.05, 3.63) is 56.2 Å². The van der Waals surface area contributed by atoms with Crippen molar-refractivity contribution in [1.29, 1.82) is 0 Å². The molecule has 1 heterocycles. The zero-order valence-electron chi connectivity index (χ0n) is 10.2. The second-order valence-electron chi connectivity index (χ2n) is 4.73. The van der Waals surface area contributed by atoms with E-state index in [2.05, 4.69) is 56.3 Å². The maximum atomic E-state index is 3.69. The molecular formula is C15H16BrNS. The van der Waals surface area contributed by atoms with Gasteiger partial charge in [0, 0.05) is 10.5 Å². The van der Waals surface area contributed by atoms with Crippen LogP contribution in [0.1, 0.15) is 29.2 Å². The van der Waals surface area contributed by atoms with Crippen LogP contribution in [0, 0.1) is 0 Å². The summed E-state index contributed by atoms with van der Waals surface area (Å²) in [6.45, 7) is 1.06. The first-order chi connectivity index (χ1) is 8.84. The fourth-order valence-electron chi connectivity index (χ4n) is 2.65. The number of benzene rings is 1. The van der Waals surface area contributed by atoms with Crippen LogP contribution in [0.15, 0.2) is 39.5 Å². The van der Waals surface area contributed by atoms with Crippen molar-refractivity contribution < 1.29 is 0 Å². The third-order valence-corrected chi connectivity index (χ3v) is 5.07. The van der Waals surface area contributed by atoms with Gasteiger partial charge in [-0.3, -0.25) is 0 Å². The van der Waals surface area contributed by atoms with Crippen LogP contribution < -0.4 is 5.32 Å². The fourth-order valence-corrected chi connectivity index (χ4v) is 3.93. The van der Waals surface area contributed by atoms with Gasteiger partial charge in [0.15, 0.2) is 0 Å². The first-order valence-electron chi connectivity index (χ1n) is 6.36. The minimum atomic E-state index is 0.538. The molecule has 3 rings (SSSR count). The third kappa shape index (κ3) is 2.53. The zero-order valence-corrected chi connectivity index (χ0v) is 12.6. The Morgan fingerprint density at radius 2 is 2.28 bits per heavy atom. The number of nitrogens with one attached hydrogen (secondary N) is 1. The molecule has 1 nitrogen and oxygen atoms in total. The topological polar surface area (TPSA) is 12.0 Å². The van der Waals surface area contributed by atoms with E-state index in [1.54, 1.807) is 11.3 Å². The van der Waals surface area contributed by atoms with Gasteiger partial charge in [-0.15, -0.1) is 0 Å². The minimum absolute atomic E-state index is 0.538. The lowest BCUT2D eigenvalue weighted by molar-refractivity contribution is 0.534. The van der Waals surface area contributed by atoms with Gasteiger partial charge >= 0.3 is 0 Å². The second kappa shape index (κ2) is 5.55. The normalized spacial score (nSPS) is 17.9. The SMILES string of the molecule is Brc1cccc2c1CCC2NCCc1ccsc1. The van der Waals surface area contributed by atoms with Crippen LogP contribution in [0.4, 0.5) is 0 Å². The fraction of sp³-hybridized carbons (Fsp3) is 0.333. The Morgan fingerprint density at radius 3 is 3.11 bits per heavy atom. The van der Waals surface area contributed by atoms with E-state index in [1.807, 2.05) is 0 Å². The molecule has 2 aromatic rings. The number of halogens is 1. The van der Waals surface area contributed by atoms with Crippen LogP contribution in [0.2, 0.25) is 0 Å². The Kier molecular flexibility index (Phi) is 3.83. The summed E-state index contributed by atoms with van der Waals surface area (Å²) in [5.74, 6) is 0. The highest BCUT2D eigenvalue weighted by atomic mass is 79.9. The summed E-state index contributed by atoms with van der Waals surface area (Å²) >= 11 is 5.43. The molecule has 0 amide bonds. The number of thiophene rings is 1. The van der Waals surface area contributed by atoms with Gasteiger partial charge in [-0.1, -0.05) is 28.1 Å². The maximum Gasteiger partial charge on any atom is 0.0326 e. The molecule has 0 aliphatic heterocycles. The molecular weight excluding hydrogens is 306 g/mol. The van der Waals surface area contributed by atoms with E-state index in [0.29, 0.717) is 6.04 Å². The molecule has 1 aromatic carbocycles. The molecule has 94 valence electrons. The van der Waals surface area contributed by atoms with E-state index in [-0.39, 0.29) is 0 Å². The lowest BCUT2D eigenvalue weighted by Crippen LogP contribution is -2.21. The van der Waals surface area contributed by atoms with Crippen molar-refractivity contribution in [2.45, 2.75) is 25.3 Å². The van der Waals surface area contributed by atoms with Crippen molar-refractivity contribution in [1.82, 2.24) is 5.32 Å². The standard InChI is InChI=1S/C15H16BrNS/c16-14-3-1-2-13-12(14)4-5-15(13)17-8-6-11-7-9-18-10-11/h1-3,7,9-10,15,17H,4-6,8H2. The van der Waals surface area contributed by atoms with E-state index >= 15 is 0 Å². The molecule has 0 saturated heterocycles. The van der Waals surface area contributed by atoms with Crippen LogP contribution in [0.5, 0.6) is 0 Å². The smallest absolute Gasteiger partial charge is 0.0326 e. The number of hydrogen-bond donors (Lipinski definition) is 1. The highest BCUT2D eigenvalue weighted by Gasteiger charge is 2.23. The predicted molar refractivity (Wildman–Crippen MR) is 81.2 cm³/mol. The third-order valence-electron chi connectivity index (χ3n) is 3.60. The van der Waals surface area contributed by atoms with Crippen molar-refractivity contribution in [3.8, 4) is 0 Å². The van der Waals surface area contributed by atoms with Gasteiger partial charge in [0.1, 0.15) is 0 Å². The molecule has 1 aromatic heterocycles. The molecule has 1 unspecified atom stereocenters. The van der Waals surface area contributed by atoms with Gasteiger partial charge in [0.25, 0.3) is 0 Å². The first kappa shape index (κ1) is 12.4. The van der Waals surface area contributed by atoms with Gasteiger partial charge < -0.3 is 5.32 Å². The number of fused-ring (bicyclic) bond motifs is 1. The van der Waals surface area contributed by atoms with Gasteiger partial charge in [0.05, 0.1) is 0 Å². The lowest BCUT2D eigenvalue weighted by atomic mass is 10.1. The van der Waals surface area contributed by atoms with Crippen molar-refractivity contribution in [2.24, 2.45) is 0 Å². The van der Waals surface area contributed by atoms with E-state index in [0.717, 1.165) is 13.0 Å². The summed E-state index contributed by atoms with van der Waals surface area (Å²) in [5, 5.41) is 8.07. The second-order valence-corrected chi connectivity index (χ2v) is 6.37. The molecule has 1 aliphatic rings. The summed E-state index contributed by atoms with van der Waals surface area (Å²) in [7, 11) is 0. The minimum Gasteiger partial charge on any atom is -0.310 e. The van der Waals surface area contributed by atoms with E-state index in [9.17, 15) is 0 Å². The molecule has 1 N–H and O–H groups in total. The largest absolute Gasteiger partial charge is 0.310 e. The summed E-state index contributed by atoms with van der Waals surface area (Å²) < 4.78 is 1.27. The van der Waals surface area contributed by atoms with Crippen molar-refractivity contribution >= 4 is 27.3 Å². The summed E-state index contributed by atoms with van der Waals surface area (Å²) in [6.07, 6.45) is 3.54. The molecule has 1 aliphatic carbocycles. The van der Waals surface area contributed by atoms with Crippen molar-refractivity contribution in [3.63, 3.8) is 0 Å². The number of hydrogen-bond acceptors (Lipinski definition) is 2. The van der Waals surface area contributed by atoms with Gasteiger partial charge in [-0.25, -0.2) is 0 Å². The van der Waals surface area contributed by atoms with E-state index < -0.39 is 0 Å². The summed E-state index contributed by atoms with van der Waals surface area (Å²) in [4.78, 5) is 0.